The summed E-state index contributed by atoms with van der Waals surface area (Å²) in [5.41, 5.74) is 5.34. The van der Waals surface area contributed by atoms with Crippen LogP contribution in [-0.4, -0.2) is 75.1 Å². The van der Waals surface area contributed by atoms with Crippen LogP contribution in [0.15, 0.2) is 108 Å². The summed E-state index contributed by atoms with van der Waals surface area (Å²) in [5.74, 6) is -0.864. The van der Waals surface area contributed by atoms with Crippen molar-refractivity contribution in [3.8, 4) is 0 Å². The Bertz CT molecular complexity index is 1930. The van der Waals surface area contributed by atoms with E-state index in [2.05, 4.69) is 14.9 Å². The van der Waals surface area contributed by atoms with E-state index in [4.69, 9.17) is 18.9 Å². The summed E-state index contributed by atoms with van der Waals surface area (Å²) >= 11 is 0. The molecule has 0 bridgehead atoms. The van der Waals surface area contributed by atoms with Crippen LogP contribution in [0.25, 0.3) is 0 Å². The molecule has 11 nitrogen and oxygen atoms in total. The zero-order valence-electron chi connectivity index (χ0n) is 30.6. The summed E-state index contributed by atoms with van der Waals surface area (Å²) in [6, 6.07) is 30.5. The lowest BCUT2D eigenvalue weighted by atomic mass is 9.98. The van der Waals surface area contributed by atoms with Crippen LogP contribution in [0.3, 0.4) is 0 Å². The van der Waals surface area contributed by atoms with Crippen molar-refractivity contribution in [2.45, 2.75) is 81.0 Å². The number of hydrogen-bond acceptors (Lipinski definition) is 9. The number of aryl methyl sites for hydroxylation is 1. The summed E-state index contributed by atoms with van der Waals surface area (Å²) in [4.78, 5) is 16.1. The molecule has 0 radical (unpaired) electrons. The number of amides is 1. The normalized spacial score (nSPS) is 22.2. The standard InChI is InChI=1S/C42H49N3O8S/c1-30-7-17-37(18-8-30)54(48,49)44-38(25-31-5-3-2-4-6-31)40(47)43-27-32-9-15-35(16-10-32)41-52-36(26-39(53-41)34-13-11-33(29-46)12-14-34)28-45-21-19-42(20-22-45)50-23-24-51-42/h2-18,36,38-39,41,44,46H,19-29H2,1H3,(H,43,47). The molecule has 1 spiro atoms. The van der Waals surface area contributed by atoms with Crippen LogP contribution in [0.2, 0.25) is 0 Å². The summed E-state index contributed by atoms with van der Waals surface area (Å²) in [5, 5.41) is 12.5. The van der Waals surface area contributed by atoms with Gasteiger partial charge < -0.3 is 34.3 Å². The Kier molecular flexibility index (Phi) is 12.2. The van der Waals surface area contributed by atoms with Crippen molar-refractivity contribution in [2.75, 3.05) is 32.8 Å². The molecule has 12 heteroatoms. The minimum absolute atomic E-state index is 0.0203. The van der Waals surface area contributed by atoms with Gasteiger partial charge in [0.15, 0.2) is 12.1 Å². The van der Waals surface area contributed by atoms with E-state index in [9.17, 15) is 18.3 Å². The highest BCUT2D eigenvalue weighted by Gasteiger charge is 2.41. The Labute approximate surface area is 317 Å². The summed E-state index contributed by atoms with van der Waals surface area (Å²) in [6.45, 7) is 5.85. The number of ether oxygens (including phenoxy) is 4. The highest BCUT2D eigenvalue weighted by molar-refractivity contribution is 7.89. The molecule has 286 valence electrons. The maximum absolute atomic E-state index is 13.6. The maximum atomic E-state index is 13.6. The summed E-state index contributed by atoms with van der Waals surface area (Å²) in [7, 11) is -3.95. The van der Waals surface area contributed by atoms with E-state index in [1.807, 2.05) is 85.8 Å². The Morgan fingerprint density at radius 1 is 0.833 bits per heavy atom. The lowest BCUT2D eigenvalue weighted by molar-refractivity contribution is -0.255. The molecule has 54 heavy (non-hydrogen) atoms. The molecule has 4 atom stereocenters. The number of carbonyl (C=O) groups is 1. The Morgan fingerprint density at radius 3 is 2.15 bits per heavy atom. The first kappa shape index (κ1) is 38.3. The number of aliphatic hydroxyl groups is 1. The molecule has 7 rings (SSSR count). The van der Waals surface area contributed by atoms with Crippen LogP contribution in [-0.2, 0) is 53.3 Å². The Morgan fingerprint density at radius 2 is 1.48 bits per heavy atom. The number of carbonyl (C=O) groups excluding carboxylic acids is 1. The fourth-order valence-corrected chi connectivity index (χ4v) is 8.49. The molecule has 4 aromatic carbocycles. The highest BCUT2D eigenvalue weighted by atomic mass is 32.2. The molecule has 3 N–H and O–H groups in total. The van der Waals surface area contributed by atoms with E-state index in [-0.39, 0.29) is 36.7 Å². The van der Waals surface area contributed by atoms with Gasteiger partial charge in [0.1, 0.15) is 6.04 Å². The zero-order valence-corrected chi connectivity index (χ0v) is 31.4. The van der Waals surface area contributed by atoms with Gasteiger partial charge in [-0.3, -0.25) is 4.79 Å². The molecule has 0 saturated carbocycles. The number of nitrogens with one attached hydrogen (secondary N) is 2. The number of benzene rings is 4. The molecule has 1 amide bonds. The average Bonchev–Trinajstić information content (AvgIpc) is 3.66. The molecule has 3 fully saturated rings. The fourth-order valence-electron chi connectivity index (χ4n) is 7.30. The van der Waals surface area contributed by atoms with Crippen molar-refractivity contribution in [3.63, 3.8) is 0 Å². The first-order valence-electron chi connectivity index (χ1n) is 18.7. The Hall–Kier alpha value is -3.98. The molecule has 3 aliphatic rings. The van der Waals surface area contributed by atoms with Crippen LogP contribution in [0.4, 0.5) is 0 Å². The van der Waals surface area contributed by atoms with Gasteiger partial charge in [-0.15, -0.1) is 0 Å². The van der Waals surface area contributed by atoms with Crippen molar-refractivity contribution in [2.24, 2.45) is 0 Å². The Balaban J connectivity index is 1.01. The number of aliphatic hydroxyl groups excluding tert-OH is 1. The van der Waals surface area contributed by atoms with Crippen LogP contribution >= 0.6 is 0 Å². The van der Waals surface area contributed by atoms with E-state index in [0.717, 1.165) is 65.9 Å². The van der Waals surface area contributed by atoms with E-state index < -0.39 is 34.0 Å². The first-order valence-corrected chi connectivity index (χ1v) is 20.2. The van der Waals surface area contributed by atoms with E-state index in [1.54, 1.807) is 12.1 Å². The molecule has 4 unspecified atom stereocenters. The lowest BCUT2D eigenvalue weighted by Gasteiger charge is -2.41. The number of hydrogen-bond donors (Lipinski definition) is 3. The summed E-state index contributed by atoms with van der Waals surface area (Å²) < 4.78 is 54.3. The van der Waals surface area contributed by atoms with E-state index in [1.165, 1.54) is 12.1 Å². The third-order valence-electron chi connectivity index (χ3n) is 10.5. The predicted molar refractivity (Wildman–Crippen MR) is 202 cm³/mol. The molecular weight excluding hydrogens is 707 g/mol. The van der Waals surface area contributed by atoms with E-state index in [0.29, 0.717) is 19.6 Å². The van der Waals surface area contributed by atoms with Gasteiger partial charge in [0.05, 0.1) is 36.9 Å². The van der Waals surface area contributed by atoms with Crippen molar-refractivity contribution in [1.82, 2.24) is 14.9 Å². The van der Waals surface area contributed by atoms with Crippen molar-refractivity contribution >= 4 is 15.9 Å². The minimum atomic E-state index is -3.95. The molecular formula is C42H49N3O8S. The molecule has 4 aromatic rings. The number of nitrogens with zero attached hydrogens (tertiary/aromatic N) is 1. The monoisotopic (exact) mass is 755 g/mol. The SMILES string of the molecule is Cc1ccc(S(=O)(=O)NC(Cc2ccccc2)C(=O)NCc2ccc(C3OC(CN4CCC5(CC4)OCCO5)CC(c4ccc(CO)cc4)O3)cc2)cc1. The number of piperidine rings is 1. The average molecular weight is 756 g/mol. The van der Waals surface area contributed by atoms with Gasteiger partial charge in [0.2, 0.25) is 15.9 Å². The molecule has 0 aliphatic carbocycles. The topological polar surface area (TPSA) is 136 Å². The second-order valence-electron chi connectivity index (χ2n) is 14.4. The second-order valence-corrected chi connectivity index (χ2v) is 16.1. The van der Waals surface area contributed by atoms with Gasteiger partial charge in [0.25, 0.3) is 0 Å². The van der Waals surface area contributed by atoms with Gasteiger partial charge in [-0.25, -0.2) is 8.42 Å². The van der Waals surface area contributed by atoms with Crippen molar-refractivity contribution < 1.29 is 37.3 Å². The largest absolute Gasteiger partial charge is 0.392 e. The van der Waals surface area contributed by atoms with Crippen LogP contribution in [0.1, 0.15) is 65.0 Å². The van der Waals surface area contributed by atoms with Gasteiger partial charge in [-0.05, 0) is 47.7 Å². The van der Waals surface area contributed by atoms with E-state index >= 15 is 0 Å². The highest BCUT2D eigenvalue weighted by Crippen LogP contribution is 2.39. The van der Waals surface area contributed by atoms with Crippen LogP contribution < -0.4 is 10.0 Å². The number of rotatable bonds is 13. The minimum Gasteiger partial charge on any atom is -0.392 e. The quantitative estimate of drug-likeness (QED) is 0.171. The predicted octanol–water partition coefficient (Wildman–Crippen LogP) is 5.08. The molecule has 3 aliphatic heterocycles. The number of likely N-dealkylation sites (tertiary alicyclic amines) is 1. The summed E-state index contributed by atoms with van der Waals surface area (Å²) in [6.07, 6.45) is 1.63. The maximum Gasteiger partial charge on any atom is 0.241 e. The van der Waals surface area contributed by atoms with Crippen molar-refractivity contribution in [1.29, 1.82) is 0 Å². The third kappa shape index (κ3) is 9.63. The van der Waals surface area contributed by atoms with Gasteiger partial charge in [-0.2, -0.15) is 4.72 Å². The molecule has 0 aromatic heterocycles. The van der Waals surface area contributed by atoms with Crippen LogP contribution in [0, 0.1) is 6.92 Å². The molecule has 3 heterocycles. The van der Waals surface area contributed by atoms with Crippen LogP contribution in [0.5, 0.6) is 0 Å². The van der Waals surface area contributed by atoms with Gasteiger partial charge in [0, 0.05) is 51.0 Å². The second kappa shape index (κ2) is 17.2. The smallest absolute Gasteiger partial charge is 0.241 e. The first-order chi connectivity index (χ1) is 26.2. The third-order valence-corrected chi connectivity index (χ3v) is 11.9. The van der Waals surface area contributed by atoms with Gasteiger partial charge >= 0.3 is 0 Å². The number of sulfonamides is 1. The lowest BCUT2D eigenvalue weighted by Crippen LogP contribution is -2.48. The fraction of sp³-hybridized carbons (Fsp3) is 0.405. The zero-order chi connectivity index (χ0) is 37.5. The van der Waals surface area contributed by atoms with Crippen molar-refractivity contribution in [3.05, 3.63) is 137 Å². The van der Waals surface area contributed by atoms with Gasteiger partial charge in [-0.1, -0.05) is 96.6 Å². The molecule has 3 saturated heterocycles.